The first-order valence-corrected chi connectivity index (χ1v) is 15.2. The lowest BCUT2D eigenvalue weighted by Gasteiger charge is -2.22. The number of isocyanates is 9. The Bertz CT molecular complexity index is 2150. The van der Waals surface area contributed by atoms with Crippen LogP contribution < -0.4 is 9.05 Å². The average Bonchev–Trinajstić information content (AvgIpc) is 3.09. The molecule has 3 aromatic rings. The van der Waals surface area contributed by atoms with Crippen molar-refractivity contribution in [3.05, 3.63) is 36.4 Å². The number of aliphatic imine (C=N–C) groups is 9. The summed E-state index contributed by atoms with van der Waals surface area (Å²) in [4.78, 5) is 130. The third-order valence-corrected chi connectivity index (χ3v) is 8.65. The summed E-state index contributed by atoms with van der Waals surface area (Å²) < 4.78 is 26.1. The Morgan fingerprint density at radius 2 is 0.700 bits per heavy atom. The molecule has 0 bridgehead atoms. The maximum absolute atomic E-state index is 14.7. The van der Waals surface area contributed by atoms with Crippen molar-refractivity contribution in [2.45, 2.75) is 4.90 Å². The minimum atomic E-state index is -5.14. The van der Waals surface area contributed by atoms with Gasteiger partial charge in [-0.15, -0.1) is 0 Å². The van der Waals surface area contributed by atoms with E-state index in [1.54, 1.807) is 0 Å². The highest BCUT2D eigenvalue weighted by atomic mass is 32.7. The lowest BCUT2D eigenvalue weighted by molar-refractivity contribution is 0.409. The molecular weight excluding hydrogens is 705 g/mol. The van der Waals surface area contributed by atoms with Gasteiger partial charge in [0.2, 0.25) is 54.7 Å². The van der Waals surface area contributed by atoms with Crippen LogP contribution in [-0.2, 0) is 47.7 Å². The van der Waals surface area contributed by atoms with E-state index in [9.17, 15) is 47.7 Å². The molecule has 0 N–H and O–H groups in total. The third kappa shape index (κ3) is 8.54. The van der Waals surface area contributed by atoms with Crippen LogP contribution in [0.4, 0.5) is 51.2 Å². The summed E-state index contributed by atoms with van der Waals surface area (Å²) in [6, 6.07) is 5.89. The fourth-order valence-electron chi connectivity index (χ4n) is 3.64. The Morgan fingerprint density at radius 1 is 0.400 bits per heavy atom. The van der Waals surface area contributed by atoms with Crippen molar-refractivity contribution >= 4 is 124 Å². The second-order valence-electron chi connectivity index (χ2n) is 7.89. The minimum Gasteiger partial charge on any atom is -0.406 e. The highest BCUT2D eigenvalue weighted by Gasteiger charge is 2.36. The van der Waals surface area contributed by atoms with Crippen molar-refractivity contribution in [3.8, 4) is 11.5 Å². The Labute approximate surface area is 278 Å². The van der Waals surface area contributed by atoms with E-state index in [0.29, 0.717) is 0 Å². The van der Waals surface area contributed by atoms with E-state index < -0.39 is 63.8 Å². The van der Waals surface area contributed by atoms with Crippen LogP contribution in [0, 0.1) is 0 Å². The van der Waals surface area contributed by atoms with E-state index >= 15 is 0 Å². The third-order valence-electron chi connectivity index (χ3n) is 5.35. The van der Waals surface area contributed by atoms with Gasteiger partial charge < -0.3 is 9.05 Å². The van der Waals surface area contributed by atoms with Gasteiger partial charge in [-0.05, 0) is 36.4 Å². The molecule has 0 aliphatic rings. The molecule has 0 saturated carbocycles. The van der Waals surface area contributed by atoms with Crippen LogP contribution in [0.3, 0.4) is 0 Å². The van der Waals surface area contributed by atoms with E-state index in [1.165, 1.54) is 24.3 Å². The number of hydrogen-bond donors (Lipinski definition) is 0. The first kappa shape index (κ1) is 36.7. The van der Waals surface area contributed by atoms with Crippen molar-refractivity contribution in [2.75, 3.05) is 0 Å². The van der Waals surface area contributed by atoms with Crippen LogP contribution in [0.25, 0.3) is 0 Å². The molecule has 50 heavy (non-hydrogen) atoms. The van der Waals surface area contributed by atoms with E-state index in [-0.39, 0.29) is 22.0 Å². The Hall–Kier alpha value is -7.74. The van der Waals surface area contributed by atoms with Gasteiger partial charge in [-0.1, -0.05) is 0 Å². The van der Waals surface area contributed by atoms with Gasteiger partial charge in [-0.25, -0.2) is 47.7 Å². The molecule has 0 unspecified atom stereocenters. The molecule has 242 valence electrons. The number of rotatable bonds is 15. The molecule has 0 fully saturated rings. The molecule has 0 radical (unpaired) electrons. The van der Waals surface area contributed by atoms with Crippen molar-refractivity contribution < 1.29 is 56.8 Å². The Balaban J connectivity index is 2.47. The molecular formula is C27H6N9O12PS. The highest BCUT2D eigenvalue weighted by molar-refractivity contribution is 8.55. The topological polar surface area (TPSA) is 300 Å². The molecule has 0 aromatic heterocycles. The van der Waals surface area contributed by atoms with Crippen LogP contribution in [-0.4, -0.2) is 54.7 Å². The van der Waals surface area contributed by atoms with E-state index in [2.05, 4.69) is 44.9 Å². The fourth-order valence-corrected chi connectivity index (χ4v) is 6.99. The molecule has 0 atom stereocenters. The van der Waals surface area contributed by atoms with E-state index in [0.717, 1.165) is 66.8 Å². The van der Waals surface area contributed by atoms with Crippen molar-refractivity contribution in [3.63, 3.8) is 0 Å². The summed E-state index contributed by atoms with van der Waals surface area (Å²) >= 11 is 0.0756. The normalized spacial score (nSPS) is 10.3. The summed E-state index contributed by atoms with van der Waals surface area (Å²) in [6.45, 7) is -5.14. The van der Waals surface area contributed by atoms with Gasteiger partial charge in [0.25, 0.3) is 0 Å². The second kappa shape index (κ2) is 17.8. The van der Waals surface area contributed by atoms with E-state index in [1.807, 2.05) is 0 Å². The molecule has 0 aliphatic carbocycles. The van der Waals surface area contributed by atoms with Crippen molar-refractivity contribution in [2.24, 2.45) is 44.9 Å². The van der Waals surface area contributed by atoms with Gasteiger partial charge in [0.15, 0.2) is 11.5 Å². The summed E-state index contributed by atoms with van der Waals surface area (Å²) in [6.07, 6.45) is 10.5. The molecule has 0 amide bonds. The SMILES string of the molecule is O=C=Nc1ccc(OP(=O)(Oc2ccc(N=C=O)c(N=C=O)c2N=C=O)Sc2ccc(N=C=O)c(N=C=O)c2N=C=O)c(N=C=O)c1N=C=O. The van der Waals surface area contributed by atoms with Crippen molar-refractivity contribution in [1.29, 1.82) is 0 Å². The average molecular weight is 711 g/mol. The minimum absolute atomic E-state index is 0.0756. The second-order valence-corrected chi connectivity index (χ2v) is 11.7. The monoisotopic (exact) mass is 711 g/mol. The van der Waals surface area contributed by atoms with Crippen LogP contribution >= 0.6 is 18.2 Å². The zero-order valence-electron chi connectivity index (χ0n) is 23.7. The predicted octanol–water partition coefficient (Wildman–Crippen LogP) is 5.75. The van der Waals surface area contributed by atoms with Gasteiger partial charge >= 0.3 is 6.80 Å². The zero-order chi connectivity index (χ0) is 36.5. The first-order chi connectivity index (χ1) is 24.3. The summed E-state index contributed by atoms with van der Waals surface area (Å²) in [5.41, 5.74) is -5.03. The molecule has 21 nitrogen and oxygen atoms in total. The van der Waals surface area contributed by atoms with Gasteiger partial charge in [-0.2, -0.15) is 44.9 Å². The smallest absolute Gasteiger partial charge is 0.406 e. The van der Waals surface area contributed by atoms with Gasteiger partial charge in [0, 0.05) is 11.4 Å². The van der Waals surface area contributed by atoms with Crippen LogP contribution in [0.15, 0.2) is 86.2 Å². The lowest BCUT2D eigenvalue weighted by atomic mass is 10.2. The predicted molar refractivity (Wildman–Crippen MR) is 164 cm³/mol. The molecule has 0 saturated heterocycles. The molecule has 3 aromatic carbocycles. The molecule has 3 rings (SSSR count). The van der Waals surface area contributed by atoms with Gasteiger partial charge in [0.1, 0.15) is 51.2 Å². The summed E-state index contributed by atoms with van der Waals surface area (Å²) in [7, 11) is 0. The fraction of sp³-hybridized carbons (Fsp3) is 0. The molecule has 23 heteroatoms. The lowest BCUT2D eigenvalue weighted by Crippen LogP contribution is -1.99. The van der Waals surface area contributed by atoms with Gasteiger partial charge in [0.05, 0.1) is 4.90 Å². The van der Waals surface area contributed by atoms with E-state index in [4.69, 9.17) is 9.05 Å². The highest BCUT2D eigenvalue weighted by Crippen LogP contribution is 2.67. The summed E-state index contributed by atoms with van der Waals surface area (Å²) in [5, 5.41) is 0. The number of carbonyl (C=O) groups excluding carboxylic acids is 9. The largest absolute Gasteiger partial charge is 0.497 e. The molecule has 0 heterocycles. The standard InChI is InChI=1S/C27H6N9O12PS/c37-7-28-16-1-4-19(25(34-13-43)22(16)31-10-40)47-49(46,48-20-5-2-17(29-8-38)23(32-11-41)26(20)35-14-44)50-21-6-3-18(30-9-39)24(33-12-42)27(21)36-15-45/h1-6H. The molecule has 0 spiro atoms. The first-order valence-electron chi connectivity index (χ1n) is 12.2. The number of nitrogens with zero attached hydrogens (tertiary/aromatic N) is 9. The van der Waals surface area contributed by atoms with Crippen LogP contribution in [0.5, 0.6) is 11.5 Å². The Morgan fingerprint density at radius 3 is 1.06 bits per heavy atom. The van der Waals surface area contributed by atoms with Crippen LogP contribution in [0.2, 0.25) is 0 Å². The van der Waals surface area contributed by atoms with Gasteiger partial charge in [-0.3, -0.25) is 0 Å². The number of benzene rings is 3. The van der Waals surface area contributed by atoms with Crippen LogP contribution in [0.1, 0.15) is 0 Å². The maximum Gasteiger partial charge on any atom is 0.497 e. The quantitative estimate of drug-likeness (QED) is 0.103. The summed E-state index contributed by atoms with van der Waals surface area (Å²) in [5.74, 6) is -1.38. The van der Waals surface area contributed by atoms with Crippen molar-refractivity contribution in [1.82, 2.24) is 0 Å². The molecule has 0 aliphatic heterocycles. The number of hydrogen-bond acceptors (Lipinski definition) is 22. The zero-order valence-corrected chi connectivity index (χ0v) is 25.5. The Kier molecular flexibility index (Phi) is 13.1. The maximum atomic E-state index is 14.7.